The van der Waals surface area contributed by atoms with Gasteiger partial charge in [0.2, 0.25) is 10.0 Å². The van der Waals surface area contributed by atoms with Crippen molar-refractivity contribution in [2.24, 2.45) is 0 Å². The number of nitrogens with one attached hydrogen (secondary N) is 2. The van der Waals surface area contributed by atoms with E-state index in [2.05, 4.69) is 10.0 Å². The van der Waals surface area contributed by atoms with Gasteiger partial charge in [-0.3, -0.25) is 10.1 Å². The average molecular weight is 303 g/mol. The summed E-state index contributed by atoms with van der Waals surface area (Å²) in [7, 11) is -4.01. The lowest BCUT2D eigenvalue weighted by Gasteiger charge is -2.12. The molecule has 1 aliphatic rings. The number of sulfonamides is 1. The van der Waals surface area contributed by atoms with Crippen LogP contribution in [0.4, 0.5) is 10.1 Å². The van der Waals surface area contributed by atoms with Crippen LogP contribution in [-0.2, 0) is 10.0 Å². The van der Waals surface area contributed by atoms with E-state index in [1.807, 2.05) is 0 Å². The zero-order valence-corrected chi connectivity index (χ0v) is 11.3. The largest absolute Gasteiger partial charge is 0.313 e. The van der Waals surface area contributed by atoms with Crippen molar-refractivity contribution in [1.82, 2.24) is 10.0 Å². The summed E-state index contributed by atoms with van der Waals surface area (Å²) >= 11 is 0. The number of hydrogen-bond acceptors (Lipinski definition) is 5. The molecule has 1 saturated heterocycles. The molecular formula is C11H14FN3O4S. The first-order valence-corrected chi connectivity index (χ1v) is 7.55. The van der Waals surface area contributed by atoms with Crippen LogP contribution in [0.3, 0.4) is 0 Å². The van der Waals surface area contributed by atoms with E-state index < -0.39 is 31.3 Å². The van der Waals surface area contributed by atoms with Gasteiger partial charge in [-0.1, -0.05) is 0 Å². The Bertz CT molecular complexity index is 614. The Morgan fingerprint density at radius 2 is 2.25 bits per heavy atom. The number of nitro groups is 1. The van der Waals surface area contributed by atoms with Crippen molar-refractivity contribution >= 4 is 15.7 Å². The second kappa shape index (κ2) is 5.81. The van der Waals surface area contributed by atoms with Crippen molar-refractivity contribution in [2.75, 3.05) is 13.1 Å². The summed E-state index contributed by atoms with van der Waals surface area (Å²) in [6.45, 7) is 0.997. The van der Waals surface area contributed by atoms with Gasteiger partial charge in [-0.2, -0.15) is 0 Å². The molecule has 0 aliphatic carbocycles. The maximum Gasteiger partial charge on any atom is 0.272 e. The number of non-ortho nitro benzene ring substituents is 1. The zero-order chi connectivity index (χ0) is 14.8. The van der Waals surface area contributed by atoms with Crippen molar-refractivity contribution in [3.05, 3.63) is 34.1 Å². The van der Waals surface area contributed by atoms with E-state index >= 15 is 0 Å². The Morgan fingerprint density at radius 1 is 1.50 bits per heavy atom. The number of rotatable bonds is 5. The van der Waals surface area contributed by atoms with E-state index in [4.69, 9.17) is 0 Å². The quantitative estimate of drug-likeness (QED) is 0.618. The summed E-state index contributed by atoms with van der Waals surface area (Å²) in [5.41, 5.74) is -0.487. The number of benzene rings is 1. The fourth-order valence-corrected chi connectivity index (χ4v) is 3.18. The van der Waals surface area contributed by atoms with Gasteiger partial charge in [0, 0.05) is 18.7 Å². The molecule has 0 radical (unpaired) electrons. The van der Waals surface area contributed by atoms with Crippen LogP contribution < -0.4 is 10.0 Å². The summed E-state index contributed by atoms with van der Waals surface area (Å²) in [5, 5.41) is 13.6. The third-order valence-electron chi connectivity index (χ3n) is 3.10. The predicted octanol–water partition coefficient (Wildman–Crippen LogP) is 0.764. The highest BCUT2D eigenvalue weighted by Crippen LogP contribution is 2.20. The zero-order valence-electron chi connectivity index (χ0n) is 10.5. The van der Waals surface area contributed by atoms with Crippen molar-refractivity contribution in [2.45, 2.75) is 23.8 Å². The average Bonchev–Trinajstić information content (AvgIpc) is 2.89. The van der Waals surface area contributed by atoms with Gasteiger partial charge in [-0.05, 0) is 25.5 Å². The minimum atomic E-state index is -4.01. The van der Waals surface area contributed by atoms with Crippen molar-refractivity contribution in [3.8, 4) is 0 Å². The van der Waals surface area contributed by atoms with Crippen LogP contribution in [0.5, 0.6) is 0 Å². The molecule has 2 N–H and O–H groups in total. The summed E-state index contributed by atoms with van der Waals surface area (Å²) in [4.78, 5) is 9.11. The monoisotopic (exact) mass is 303 g/mol. The lowest BCUT2D eigenvalue weighted by Crippen LogP contribution is -2.37. The molecule has 0 amide bonds. The Balaban J connectivity index is 2.14. The summed E-state index contributed by atoms with van der Waals surface area (Å²) in [6.07, 6.45) is 1.82. The molecule has 1 atom stereocenters. The van der Waals surface area contributed by atoms with Crippen molar-refractivity contribution < 1.29 is 17.7 Å². The molecule has 1 fully saturated rings. The molecule has 20 heavy (non-hydrogen) atoms. The molecular weight excluding hydrogens is 289 g/mol. The number of hydrogen-bond donors (Lipinski definition) is 2. The SMILES string of the molecule is O=[N+]([O-])c1ccc(S(=O)(=O)NCC2CCCN2)c(F)c1. The van der Waals surface area contributed by atoms with E-state index in [1.54, 1.807) is 0 Å². The molecule has 0 bridgehead atoms. The van der Waals surface area contributed by atoms with Gasteiger partial charge < -0.3 is 5.32 Å². The van der Waals surface area contributed by atoms with E-state index in [9.17, 15) is 22.9 Å². The molecule has 110 valence electrons. The topological polar surface area (TPSA) is 101 Å². The van der Waals surface area contributed by atoms with Crippen LogP contribution in [0.15, 0.2) is 23.1 Å². The highest BCUT2D eigenvalue weighted by Gasteiger charge is 2.23. The van der Waals surface area contributed by atoms with Gasteiger partial charge in [-0.15, -0.1) is 0 Å². The molecule has 1 unspecified atom stereocenters. The third-order valence-corrected chi connectivity index (χ3v) is 4.55. The van der Waals surface area contributed by atoms with Crippen LogP contribution >= 0.6 is 0 Å². The summed E-state index contributed by atoms with van der Waals surface area (Å²) in [6, 6.07) is 2.50. The lowest BCUT2D eigenvalue weighted by atomic mass is 10.2. The van der Waals surface area contributed by atoms with E-state index in [-0.39, 0.29) is 12.6 Å². The Hall–Kier alpha value is -1.58. The third kappa shape index (κ3) is 3.30. The van der Waals surface area contributed by atoms with Gasteiger partial charge in [0.15, 0.2) is 0 Å². The smallest absolute Gasteiger partial charge is 0.272 e. The first-order valence-electron chi connectivity index (χ1n) is 6.07. The van der Waals surface area contributed by atoms with Crippen LogP contribution in [0.2, 0.25) is 0 Å². The Labute approximate surface area is 115 Å². The van der Waals surface area contributed by atoms with Crippen LogP contribution in [0.25, 0.3) is 0 Å². The second-order valence-electron chi connectivity index (χ2n) is 4.52. The fraction of sp³-hybridized carbons (Fsp3) is 0.455. The van der Waals surface area contributed by atoms with Crippen molar-refractivity contribution in [1.29, 1.82) is 0 Å². The van der Waals surface area contributed by atoms with Gasteiger partial charge in [0.25, 0.3) is 5.69 Å². The Morgan fingerprint density at radius 3 is 2.80 bits per heavy atom. The van der Waals surface area contributed by atoms with E-state index in [1.165, 1.54) is 0 Å². The highest BCUT2D eigenvalue weighted by atomic mass is 32.2. The summed E-state index contributed by atoms with van der Waals surface area (Å²) in [5.74, 6) is -1.13. The molecule has 1 aliphatic heterocycles. The first kappa shape index (κ1) is 14.8. The lowest BCUT2D eigenvalue weighted by molar-refractivity contribution is -0.385. The molecule has 0 spiro atoms. The molecule has 1 heterocycles. The van der Waals surface area contributed by atoms with E-state index in [0.717, 1.165) is 31.5 Å². The van der Waals surface area contributed by atoms with Gasteiger partial charge in [0.1, 0.15) is 10.7 Å². The molecule has 9 heteroatoms. The number of nitrogens with zero attached hydrogens (tertiary/aromatic N) is 1. The fourth-order valence-electron chi connectivity index (χ4n) is 2.04. The van der Waals surface area contributed by atoms with Gasteiger partial charge in [0.05, 0.1) is 11.0 Å². The van der Waals surface area contributed by atoms with Gasteiger partial charge >= 0.3 is 0 Å². The second-order valence-corrected chi connectivity index (χ2v) is 6.25. The van der Waals surface area contributed by atoms with Crippen LogP contribution in [-0.4, -0.2) is 32.5 Å². The molecule has 1 aromatic carbocycles. The minimum absolute atomic E-state index is 0.0332. The van der Waals surface area contributed by atoms with Crippen LogP contribution in [0, 0.1) is 15.9 Å². The van der Waals surface area contributed by atoms with Gasteiger partial charge in [-0.25, -0.2) is 17.5 Å². The van der Waals surface area contributed by atoms with E-state index in [0.29, 0.717) is 6.07 Å². The predicted molar refractivity (Wildman–Crippen MR) is 69.3 cm³/mol. The van der Waals surface area contributed by atoms with Crippen LogP contribution in [0.1, 0.15) is 12.8 Å². The maximum absolute atomic E-state index is 13.7. The van der Waals surface area contributed by atoms with Crippen molar-refractivity contribution in [3.63, 3.8) is 0 Å². The number of halogens is 1. The summed E-state index contributed by atoms with van der Waals surface area (Å²) < 4.78 is 39.9. The molecule has 2 rings (SSSR count). The highest BCUT2D eigenvalue weighted by molar-refractivity contribution is 7.89. The number of nitro benzene ring substituents is 1. The molecule has 7 nitrogen and oxygen atoms in total. The molecule has 0 saturated carbocycles. The normalized spacial score (nSPS) is 19.1. The minimum Gasteiger partial charge on any atom is -0.313 e. The standard InChI is InChI=1S/C11H14FN3O4S/c12-10-6-9(15(16)17)3-4-11(10)20(18,19)14-7-8-2-1-5-13-8/h3-4,6,8,13-14H,1-2,5,7H2. The molecule has 0 aromatic heterocycles. The first-order chi connectivity index (χ1) is 9.40. The molecule has 1 aromatic rings. The maximum atomic E-state index is 13.7. The Kier molecular flexibility index (Phi) is 4.31.